The molecule has 0 fully saturated rings. The fourth-order valence-electron chi connectivity index (χ4n) is 2.16. The second-order valence-electron chi connectivity index (χ2n) is 4.99. The zero-order valence-electron chi connectivity index (χ0n) is 14.3. The highest BCUT2D eigenvalue weighted by Gasteiger charge is 2.09. The zero-order chi connectivity index (χ0) is 18.2. The summed E-state index contributed by atoms with van der Waals surface area (Å²) in [6.45, 7) is 2.50. The number of hydrogen-bond acceptors (Lipinski definition) is 5. The van der Waals surface area contributed by atoms with E-state index < -0.39 is 0 Å². The maximum Gasteiger partial charge on any atom is 0.187 e. The first-order chi connectivity index (χ1) is 12.1. The van der Waals surface area contributed by atoms with Gasteiger partial charge in [0.2, 0.25) is 0 Å². The highest BCUT2D eigenvalue weighted by atomic mass is 35.5. The van der Waals surface area contributed by atoms with Gasteiger partial charge in [-0.15, -0.1) is 0 Å². The number of methoxy groups -OCH3 is 2. The van der Waals surface area contributed by atoms with E-state index >= 15 is 0 Å². The number of ether oxygens (including phenoxy) is 3. The lowest BCUT2D eigenvalue weighted by molar-refractivity contribution is 0.104. The lowest BCUT2D eigenvalue weighted by Gasteiger charge is -2.11. The monoisotopic (exact) mass is 361 g/mol. The molecule has 5 nitrogen and oxygen atoms in total. The van der Waals surface area contributed by atoms with Crippen LogP contribution in [0.3, 0.4) is 0 Å². The summed E-state index contributed by atoms with van der Waals surface area (Å²) in [6, 6.07) is 10.3. The van der Waals surface area contributed by atoms with Gasteiger partial charge in [-0.3, -0.25) is 4.79 Å². The van der Waals surface area contributed by atoms with E-state index in [2.05, 4.69) is 5.32 Å². The molecule has 0 aliphatic carbocycles. The van der Waals surface area contributed by atoms with Gasteiger partial charge in [0, 0.05) is 23.9 Å². The highest BCUT2D eigenvalue weighted by molar-refractivity contribution is 6.32. The van der Waals surface area contributed by atoms with Crippen molar-refractivity contribution in [1.82, 2.24) is 0 Å². The van der Waals surface area contributed by atoms with Crippen molar-refractivity contribution in [2.45, 2.75) is 6.92 Å². The van der Waals surface area contributed by atoms with Gasteiger partial charge in [-0.2, -0.15) is 0 Å². The predicted octanol–water partition coefficient (Wildman–Crippen LogP) is 4.56. The Labute approximate surface area is 152 Å². The number of carbonyl (C=O) groups excluding carboxylic acids is 1. The molecule has 0 aliphatic rings. The van der Waals surface area contributed by atoms with Crippen LogP contribution in [0, 0.1) is 0 Å². The lowest BCUT2D eigenvalue weighted by Crippen LogP contribution is -1.99. The number of ketones is 1. The summed E-state index contributed by atoms with van der Waals surface area (Å²) in [5, 5.41) is 3.44. The predicted molar refractivity (Wildman–Crippen MR) is 99.3 cm³/mol. The van der Waals surface area contributed by atoms with Crippen molar-refractivity contribution in [3.8, 4) is 17.2 Å². The van der Waals surface area contributed by atoms with Gasteiger partial charge < -0.3 is 19.5 Å². The van der Waals surface area contributed by atoms with Crippen molar-refractivity contribution in [1.29, 1.82) is 0 Å². The van der Waals surface area contributed by atoms with Gasteiger partial charge in [0.15, 0.2) is 5.78 Å². The normalized spacial score (nSPS) is 10.6. The van der Waals surface area contributed by atoms with Crippen LogP contribution in [0.4, 0.5) is 5.69 Å². The van der Waals surface area contributed by atoms with Crippen LogP contribution in [0.1, 0.15) is 17.3 Å². The van der Waals surface area contributed by atoms with Crippen LogP contribution in [-0.4, -0.2) is 26.6 Å². The molecule has 1 N–H and O–H groups in total. The summed E-state index contributed by atoms with van der Waals surface area (Å²) in [6.07, 6.45) is 2.98. The Balaban J connectivity index is 2.07. The summed E-state index contributed by atoms with van der Waals surface area (Å²) in [5.41, 5.74) is 1.20. The molecule has 6 heteroatoms. The number of carbonyl (C=O) groups is 1. The van der Waals surface area contributed by atoms with Crippen molar-refractivity contribution < 1.29 is 19.0 Å². The van der Waals surface area contributed by atoms with E-state index in [4.69, 9.17) is 25.8 Å². The fraction of sp³-hybridized carbons (Fsp3) is 0.211. The van der Waals surface area contributed by atoms with E-state index in [-0.39, 0.29) is 5.78 Å². The van der Waals surface area contributed by atoms with Crippen molar-refractivity contribution in [2.24, 2.45) is 0 Å². The molecule has 0 aliphatic heterocycles. The zero-order valence-corrected chi connectivity index (χ0v) is 15.1. The second-order valence-corrected chi connectivity index (χ2v) is 5.39. The minimum Gasteiger partial charge on any atom is -0.495 e. The molecule has 0 amide bonds. The molecule has 0 unspecified atom stereocenters. The topological polar surface area (TPSA) is 56.8 Å². The van der Waals surface area contributed by atoms with Gasteiger partial charge in [0.25, 0.3) is 0 Å². The molecule has 0 spiro atoms. The maximum absolute atomic E-state index is 12.2. The Morgan fingerprint density at radius 1 is 1.12 bits per heavy atom. The first-order valence-corrected chi connectivity index (χ1v) is 8.08. The Morgan fingerprint density at radius 2 is 1.80 bits per heavy atom. The van der Waals surface area contributed by atoms with Gasteiger partial charge in [0.05, 0.1) is 31.5 Å². The van der Waals surface area contributed by atoms with Crippen LogP contribution in [0.15, 0.2) is 48.7 Å². The second kappa shape index (κ2) is 8.99. The van der Waals surface area contributed by atoms with Gasteiger partial charge in [0.1, 0.15) is 17.2 Å². The SMILES string of the molecule is CCOc1ccc(C(=O)C=CNc2cc(Cl)c(OC)cc2OC)cc1. The average Bonchev–Trinajstić information content (AvgIpc) is 2.62. The summed E-state index contributed by atoms with van der Waals surface area (Å²) in [7, 11) is 3.08. The molecule has 132 valence electrons. The van der Waals surface area contributed by atoms with Gasteiger partial charge in [-0.1, -0.05) is 11.6 Å². The average molecular weight is 362 g/mol. The minimum atomic E-state index is -0.130. The molecular formula is C19H20ClNO4. The summed E-state index contributed by atoms with van der Waals surface area (Å²) < 4.78 is 15.8. The third kappa shape index (κ3) is 4.90. The van der Waals surface area contributed by atoms with Crippen LogP contribution in [0.5, 0.6) is 17.2 Å². The minimum absolute atomic E-state index is 0.130. The van der Waals surface area contributed by atoms with Crippen molar-refractivity contribution in [3.63, 3.8) is 0 Å². The van der Waals surface area contributed by atoms with Gasteiger partial charge in [-0.05, 0) is 37.3 Å². The van der Waals surface area contributed by atoms with Crippen LogP contribution in [0.25, 0.3) is 0 Å². The molecule has 0 saturated heterocycles. The number of hydrogen-bond donors (Lipinski definition) is 1. The number of rotatable bonds is 8. The molecule has 2 rings (SSSR count). The summed E-state index contributed by atoms with van der Waals surface area (Å²) in [5.74, 6) is 1.67. The molecule has 0 heterocycles. The maximum atomic E-state index is 12.2. The Kier molecular flexibility index (Phi) is 6.71. The van der Waals surface area contributed by atoms with Gasteiger partial charge in [-0.25, -0.2) is 0 Å². The molecule has 2 aromatic rings. The van der Waals surface area contributed by atoms with E-state index in [1.54, 1.807) is 49.7 Å². The molecule has 0 atom stereocenters. The number of nitrogens with one attached hydrogen (secondary N) is 1. The molecule has 25 heavy (non-hydrogen) atoms. The molecular weight excluding hydrogens is 342 g/mol. The van der Waals surface area contributed by atoms with E-state index in [1.165, 1.54) is 13.2 Å². The Hall–Kier alpha value is -2.66. The van der Waals surface area contributed by atoms with E-state index in [0.717, 1.165) is 5.75 Å². The molecule has 0 radical (unpaired) electrons. The van der Waals surface area contributed by atoms with E-state index in [1.807, 2.05) is 6.92 Å². The number of allylic oxidation sites excluding steroid dienone is 1. The molecule has 2 aromatic carbocycles. The fourth-order valence-corrected chi connectivity index (χ4v) is 2.40. The largest absolute Gasteiger partial charge is 0.495 e. The quantitative estimate of drug-likeness (QED) is 0.551. The van der Waals surface area contributed by atoms with Crippen molar-refractivity contribution in [2.75, 3.05) is 26.1 Å². The Bertz CT molecular complexity index is 757. The molecule has 0 saturated carbocycles. The van der Waals surface area contributed by atoms with Crippen LogP contribution >= 0.6 is 11.6 Å². The summed E-state index contributed by atoms with van der Waals surface area (Å²) >= 11 is 6.11. The van der Waals surface area contributed by atoms with Crippen LogP contribution in [-0.2, 0) is 0 Å². The molecule has 0 bridgehead atoms. The summed E-state index contributed by atoms with van der Waals surface area (Å²) in [4.78, 5) is 12.2. The van der Waals surface area contributed by atoms with Crippen LogP contribution in [0.2, 0.25) is 5.02 Å². The smallest absolute Gasteiger partial charge is 0.187 e. The number of halogens is 1. The standard InChI is InChI=1S/C19H20ClNO4/c1-4-25-14-7-5-13(6-8-14)17(22)9-10-21-16-11-15(20)18(23-2)12-19(16)24-3/h5-12,21H,4H2,1-3H3. The van der Waals surface area contributed by atoms with E-state index in [9.17, 15) is 4.79 Å². The highest BCUT2D eigenvalue weighted by Crippen LogP contribution is 2.35. The van der Waals surface area contributed by atoms with E-state index in [0.29, 0.717) is 34.4 Å². The first-order valence-electron chi connectivity index (χ1n) is 7.70. The number of benzene rings is 2. The van der Waals surface area contributed by atoms with Gasteiger partial charge >= 0.3 is 0 Å². The van der Waals surface area contributed by atoms with Crippen LogP contribution < -0.4 is 19.5 Å². The number of anilines is 1. The van der Waals surface area contributed by atoms with Crippen molar-refractivity contribution >= 4 is 23.1 Å². The lowest BCUT2D eigenvalue weighted by atomic mass is 10.1. The first kappa shape index (κ1) is 18.7. The Morgan fingerprint density at radius 3 is 2.40 bits per heavy atom. The third-order valence-corrected chi connectivity index (χ3v) is 3.69. The van der Waals surface area contributed by atoms with Crippen molar-refractivity contribution in [3.05, 3.63) is 59.3 Å². The molecule has 0 aromatic heterocycles. The third-order valence-electron chi connectivity index (χ3n) is 3.40.